The molecule has 2 amide bonds. The second kappa shape index (κ2) is 12.8. The second-order valence-electron chi connectivity index (χ2n) is 8.68. The van der Waals surface area contributed by atoms with Crippen molar-refractivity contribution in [3.63, 3.8) is 0 Å². The summed E-state index contributed by atoms with van der Waals surface area (Å²) in [6.45, 7) is 2.58. The molecule has 4 rings (SSSR count). The SMILES string of the molecule is COc1cc(OC)cc(C(=O)N2CCN(c3ccc(NC(=S)NC(=O)c4cc(Br)ccc4OC)cc3)CC2)c1. The fraction of sp³-hybridized carbons (Fsp3) is 0.250. The molecule has 39 heavy (non-hydrogen) atoms. The number of nitrogens with one attached hydrogen (secondary N) is 2. The number of ether oxygens (including phenoxy) is 3. The van der Waals surface area contributed by atoms with Crippen molar-refractivity contribution >= 4 is 56.4 Å². The minimum atomic E-state index is -0.373. The molecule has 0 spiro atoms. The average molecular weight is 614 g/mol. The summed E-state index contributed by atoms with van der Waals surface area (Å²) in [5, 5.41) is 5.90. The number of carbonyl (C=O) groups excluding carboxylic acids is 2. The predicted octanol–water partition coefficient (Wildman–Crippen LogP) is 4.56. The van der Waals surface area contributed by atoms with Gasteiger partial charge < -0.3 is 29.3 Å². The van der Waals surface area contributed by atoms with Crippen LogP contribution < -0.4 is 29.7 Å². The van der Waals surface area contributed by atoms with Crippen molar-refractivity contribution in [2.75, 3.05) is 57.7 Å². The first kappa shape index (κ1) is 28.2. The number of piperazine rings is 1. The van der Waals surface area contributed by atoms with Gasteiger partial charge in [0.1, 0.15) is 17.2 Å². The highest BCUT2D eigenvalue weighted by atomic mass is 79.9. The first-order chi connectivity index (χ1) is 18.8. The van der Waals surface area contributed by atoms with E-state index in [1.807, 2.05) is 29.2 Å². The molecular formula is C28H29BrN4O5S. The number of benzene rings is 3. The number of thiocarbonyl (C=S) groups is 1. The molecule has 3 aromatic rings. The van der Waals surface area contributed by atoms with Gasteiger partial charge in [-0.3, -0.25) is 14.9 Å². The summed E-state index contributed by atoms with van der Waals surface area (Å²) in [6.07, 6.45) is 0. The summed E-state index contributed by atoms with van der Waals surface area (Å²) >= 11 is 8.70. The van der Waals surface area contributed by atoms with Crippen LogP contribution in [0.4, 0.5) is 11.4 Å². The van der Waals surface area contributed by atoms with Gasteiger partial charge in [0.15, 0.2) is 5.11 Å². The first-order valence-corrected chi connectivity index (χ1v) is 13.3. The summed E-state index contributed by atoms with van der Waals surface area (Å²) in [4.78, 5) is 29.8. The third-order valence-corrected chi connectivity index (χ3v) is 6.99. The second-order valence-corrected chi connectivity index (χ2v) is 10.0. The number of anilines is 2. The van der Waals surface area contributed by atoms with Gasteiger partial charge in [-0.15, -0.1) is 0 Å². The van der Waals surface area contributed by atoms with Gasteiger partial charge in [-0.05, 0) is 66.8 Å². The average Bonchev–Trinajstić information content (AvgIpc) is 2.96. The molecule has 0 saturated carbocycles. The quantitative estimate of drug-likeness (QED) is 0.375. The van der Waals surface area contributed by atoms with Gasteiger partial charge in [0.2, 0.25) is 0 Å². The van der Waals surface area contributed by atoms with Crippen LogP contribution in [0, 0.1) is 0 Å². The van der Waals surface area contributed by atoms with E-state index in [0.717, 1.165) is 15.8 Å². The molecule has 1 heterocycles. The third-order valence-electron chi connectivity index (χ3n) is 6.29. The lowest BCUT2D eigenvalue weighted by Crippen LogP contribution is -2.48. The van der Waals surface area contributed by atoms with Gasteiger partial charge in [0.05, 0.1) is 26.9 Å². The van der Waals surface area contributed by atoms with Crippen LogP contribution in [-0.2, 0) is 0 Å². The van der Waals surface area contributed by atoms with Crippen molar-refractivity contribution in [1.29, 1.82) is 0 Å². The molecule has 0 atom stereocenters. The number of carbonyl (C=O) groups is 2. The standard InChI is InChI=1S/C28H29BrN4O5S/c1-36-22-14-18(15-23(17-22)37-2)27(35)33-12-10-32(11-13-33)21-7-5-20(6-8-21)30-28(39)31-26(34)24-16-19(29)4-9-25(24)38-3/h4-9,14-17H,10-13H2,1-3H3,(H2,30,31,34,39). The van der Waals surface area contributed by atoms with Crippen LogP contribution in [0.25, 0.3) is 0 Å². The molecule has 9 nitrogen and oxygen atoms in total. The van der Waals surface area contributed by atoms with Crippen LogP contribution in [-0.4, -0.2) is 69.3 Å². The number of hydrogen-bond donors (Lipinski definition) is 2. The van der Waals surface area contributed by atoms with E-state index in [-0.39, 0.29) is 16.9 Å². The maximum absolute atomic E-state index is 13.1. The highest BCUT2D eigenvalue weighted by Gasteiger charge is 2.23. The fourth-order valence-corrected chi connectivity index (χ4v) is 4.80. The third kappa shape index (κ3) is 6.98. The van der Waals surface area contributed by atoms with Gasteiger partial charge >= 0.3 is 0 Å². The molecule has 1 aliphatic rings. The number of methoxy groups -OCH3 is 3. The van der Waals surface area contributed by atoms with Crippen molar-refractivity contribution in [1.82, 2.24) is 10.2 Å². The maximum atomic E-state index is 13.1. The molecule has 0 bridgehead atoms. The zero-order chi connectivity index (χ0) is 27.9. The Labute approximate surface area is 241 Å². The van der Waals surface area contributed by atoms with E-state index in [9.17, 15) is 9.59 Å². The van der Waals surface area contributed by atoms with E-state index in [4.69, 9.17) is 26.4 Å². The van der Waals surface area contributed by atoms with Crippen molar-refractivity contribution < 1.29 is 23.8 Å². The van der Waals surface area contributed by atoms with Gasteiger partial charge in [-0.2, -0.15) is 0 Å². The molecule has 0 unspecified atom stereocenters. The zero-order valence-electron chi connectivity index (χ0n) is 21.8. The van der Waals surface area contributed by atoms with E-state index in [1.54, 1.807) is 50.6 Å². The van der Waals surface area contributed by atoms with Gasteiger partial charge in [-0.1, -0.05) is 15.9 Å². The normalized spacial score (nSPS) is 12.9. The molecule has 3 aromatic carbocycles. The Balaban J connectivity index is 1.31. The Kier molecular flexibility index (Phi) is 9.26. The number of hydrogen-bond acceptors (Lipinski definition) is 7. The summed E-state index contributed by atoms with van der Waals surface area (Å²) in [7, 11) is 4.63. The lowest BCUT2D eigenvalue weighted by Gasteiger charge is -2.36. The summed E-state index contributed by atoms with van der Waals surface area (Å²) in [6, 6.07) is 18.1. The van der Waals surface area contributed by atoms with E-state index in [0.29, 0.717) is 54.6 Å². The Morgan fingerprint density at radius 1 is 0.846 bits per heavy atom. The van der Waals surface area contributed by atoms with E-state index in [2.05, 4.69) is 31.5 Å². The van der Waals surface area contributed by atoms with Crippen LogP contribution in [0.15, 0.2) is 65.1 Å². The molecule has 0 radical (unpaired) electrons. The Hall–Kier alpha value is -3.83. The molecule has 0 aliphatic carbocycles. The first-order valence-electron chi connectivity index (χ1n) is 12.1. The van der Waals surface area contributed by atoms with Crippen LogP contribution in [0.2, 0.25) is 0 Å². The molecule has 0 aromatic heterocycles. The smallest absolute Gasteiger partial charge is 0.261 e. The Bertz CT molecular complexity index is 1340. The number of nitrogens with zero attached hydrogens (tertiary/aromatic N) is 2. The van der Waals surface area contributed by atoms with Crippen LogP contribution >= 0.6 is 28.1 Å². The summed E-state index contributed by atoms with van der Waals surface area (Å²) in [5.74, 6) is 1.19. The van der Waals surface area contributed by atoms with Crippen LogP contribution in [0.1, 0.15) is 20.7 Å². The molecular weight excluding hydrogens is 584 g/mol. The monoisotopic (exact) mass is 612 g/mol. The van der Waals surface area contributed by atoms with E-state index < -0.39 is 0 Å². The van der Waals surface area contributed by atoms with E-state index in [1.165, 1.54) is 7.11 Å². The highest BCUT2D eigenvalue weighted by molar-refractivity contribution is 9.10. The molecule has 204 valence electrons. The lowest BCUT2D eigenvalue weighted by molar-refractivity contribution is 0.0745. The minimum absolute atomic E-state index is 0.0533. The van der Waals surface area contributed by atoms with Crippen molar-refractivity contribution in [2.24, 2.45) is 0 Å². The van der Waals surface area contributed by atoms with Crippen LogP contribution in [0.5, 0.6) is 17.2 Å². The zero-order valence-corrected chi connectivity index (χ0v) is 24.2. The van der Waals surface area contributed by atoms with Crippen molar-refractivity contribution in [3.05, 3.63) is 76.3 Å². The molecule has 2 N–H and O–H groups in total. The number of halogens is 1. The Morgan fingerprint density at radius 2 is 1.49 bits per heavy atom. The maximum Gasteiger partial charge on any atom is 0.261 e. The topological polar surface area (TPSA) is 92.4 Å². The minimum Gasteiger partial charge on any atom is -0.497 e. The number of amides is 2. The fourth-order valence-electron chi connectivity index (χ4n) is 4.23. The molecule has 1 aliphatic heterocycles. The molecule has 1 fully saturated rings. The summed E-state index contributed by atoms with van der Waals surface area (Å²) < 4.78 is 16.6. The van der Waals surface area contributed by atoms with Crippen molar-refractivity contribution in [2.45, 2.75) is 0 Å². The summed E-state index contributed by atoms with van der Waals surface area (Å²) in [5.41, 5.74) is 2.68. The largest absolute Gasteiger partial charge is 0.497 e. The Morgan fingerprint density at radius 3 is 2.08 bits per heavy atom. The van der Waals surface area contributed by atoms with E-state index >= 15 is 0 Å². The van der Waals surface area contributed by atoms with Crippen molar-refractivity contribution in [3.8, 4) is 17.2 Å². The highest BCUT2D eigenvalue weighted by Crippen LogP contribution is 2.25. The molecule has 1 saturated heterocycles. The molecule has 11 heteroatoms. The van der Waals surface area contributed by atoms with Crippen LogP contribution in [0.3, 0.4) is 0 Å². The lowest BCUT2D eigenvalue weighted by atomic mass is 10.1. The predicted molar refractivity (Wildman–Crippen MR) is 158 cm³/mol. The van der Waals surface area contributed by atoms with Gasteiger partial charge in [0, 0.05) is 53.7 Å². The number of rotatable bonds is 7. The van der Waals surface area contributed by atoms with Gasteiger partial charge in [-0.25, -0.2) is 0 Å². The van der Waals surface area contributed by atoms with Gasteiger partial charge in [0.25, 0.3) is 11.8 Å².